The van der Waals surface area contributed by atoms with E-state index in [1.807, 2.05) is 0 Å². The van der Waals surface area contributed by atoms with Gasteiger partial charge in [0.25, 0.3) is 0 Å². The summed E-state index contributed by atoms with van der Waals surface area (Å²) in [4.78, 5) is 6.68. The first-order valence-corrected chi connectivity index (χ1v) is 6.28. The predicted molar refractivity (Wildman–Crippen MR) is 71.3 cm³/mol. The second-order valence-electron chi connectivity index (χ2n) is 5.48. The second kappa shape index (κ2) is 3.49. The minimum atomic E-state index is 0.0966. The van der Waals surface area contributed by atoms with E-state index in [1.165, 1.54) is 24.1 Å². The van der Waals surface area contributed by atoms with Crippen molar-refractivity contribution in [2.75, 3.05) is 11.4 Å². The number of benzene rings is 1. The molecular weight excluding hydrogens is 210 g/mol. The van der Waals surface area contributed by atoms with Crippen LogP contribution >= 0.6 is 0 Å². The van der Waals surface area contributed by atoms with Crippen LogP contribution in [0.15, 0.2) is 29.3 Å². The van der Waals surface area contributed by atoms with Gasteiger partial charge in [-0.2, -0.15) is 0 Å². The SMILES string of the molecule is Cc1ccc(N2C(N)=NCC2(C)C2CC2)cc1. The third kappa shape index (κ3) is 1.61. The summed E-state index contributed by atoms with van der Waals surface area (Å²) in [6, 6.07) is 8.55. The third-order valence-corrected chi connectivity index (χ3v) is 4.05. The Balaban J connectivity index is 1.98. The van der Waals surface area contributed by atoms with Crippen LogP contribution in [0.2, 0.25) is 0 Å². The first kappa shape index (κ1) is 10.6. The average molecular weight is 229 g/mol. The van der Waals surface area contributed by atoms with Gasteiger partial charge >= 0.3 is 0 Å². The summed E-state index contributed by atoms with van der Waals surface area (Å²) in [5.74, 6) is 1.41. The molecule has 3 nitrogen and oxygen atoms in total. The van der Waals surface area contributed by atoms with Crippen LogP contribution in [0.4, 0.5) is 5.69 Å². The summed E-state index contributed by atoms with van der Waals surface area (Å²) in [5.41, 5.74) is 8.61. The zero-order valence-corrected chi connectivity index (χ0v) is 10.5. The van der Waals surface area contributed by atoms with Crippen LogP contribution in [0, 0.1) is 12.8 Å². The van der Waals surface area contributed by atoms with Crippen molar-refractivity contribution < 1.29 is 0 Å². The van der Waals surface area contributed by atoms with Crippen molar-refractivity contribution >= 4 is 11.6 Å². The van der Waals surface area contributed by atoms with E-state index in [1.54, 1.807) is 0 Å². The molecule has 1 aromatic carbocycles. The van der Waals surface area contributed by atoms with Crippen LogP contribution < -0.4 is 10.6 Å². The lowest BCUT2D eigenvalue weighted by Crippen LogP contribution is -2.51. The van der Waals surface area contributed by atoms with Gasteiger partial charge in [-0.05, 0) is 44.7 Å². The van der Waals surface area contributed by atoms with Crippen LogP contribution in [-0.2, 0) is 0 Å². The van der Waals surface area contributed by atoms with Crippen LogP contribution in [0.25, 0.3) is 0 Å². The fourth-order valence-corrected chi connectivity index (χ4v) is 2.78. The maximum absolute atomic E-state index is 6.07. The zero-order valence-electron chi connectivity index (χ0n) is 10.5. The molecule has 1 aliphatic carbocycles. The zero-order chi connectivity index (χ0) is 12.0. The standard InChI is InChI=1S/C14H19N3/c1-10-3-7-12(8-4-10)17-13(15)16-9-14(17,2)11-5-6-11/h3-4,7-8,11H,5-6,9H2,1-2H3,(H2,15,16). The molecule has 0 spiro atoms. The highest BCUT2D eigenvalue weighted by molar-refractivity contribution is 5.98. The van der Waals surface area contributed by atoms with E-state index in [4.69, 9.17) is 5.73 Å². The van der Waals surface area contributed by atoms with Gasteiger partial charge in [-0.1, -0.05) is 17.7 Å². The average Bonchev–Trinajstić information content (AvgIpc) is 3.10. The lowest BCUT2D eigenvalue weighted by Gasteiger charge is -2.36. The van der Waals surface area contributed by atoms with Crippen molar-refractivity contribution in [1.82, 2.24) is 0 Å². The van der Waals surface area contributed by atoms with Gasteiger partial charge in [0.1, 0.15) is 0 Å². The molecule has 1 saturated carbocycles. The number of rotatable bonds is 2. The van der Waals surface area contributed by atoms with Gasteiger partial charge in [0.2, 0.25) is 0 Å². The van der Waals surface area contributed by atoms with Crippen LogP contribution in [0.3, 0.4) is 0 Å². The third-order valence-electron chi connectivity index (χ3n) is 4.05. The van der Waals surface area contributed by atoms with Crippen molar-refractivity contribution in [3.63, 3.8) is 0 Å². The molecule has 1 fully saturated rings. The molecule has 2 aliphatic rings. The fourth-order valence-electron chi connectivity index (χ4n) is 2.78. The molecule has 1 heterocycles. The van der Waals surface area contributed by atoms with Crippen LogP contribution in [0.5, 0.6) is 0 Å². The molecule has 2 N–H and O–H groups in total. The number of hydrogen-bond acceptors (Lipinski definition) is 3. The number of nitrogens with zero attached hydrogens (tertiary/aromatic N) is 2. The van der Waals surface area contributed by atoms with E-state index in [0.29, 0.717) is 5.96 Å². The molecule has 1 unspecified atom stereocenters. The van der Waals surface area contributed by atoms with E-state index < -0.39 is 0 Å². The molecular formula is C14H19N3. The molecule has 17 heavy (non-hydrogen) atoms. The molecule has 0 saturated heterocycles. The maximum atomic E-state index is 6.07. The number of nitrogens with two attached hydrogens (primary N) is 1. The van der Waals surface area contributed by atoms with Crippen molar-refractivity contribution in [1.29, 1.82) is 0 Å². The first-order chi connectivity index (χ1) is 8.11. The number of anilines is 1. The summed E-state index contributed by atoms with van der Waals surface area (Å²) < 4.78 is 0. The number of aliphatic imine (C=N–C) groups is 1. The molecule has 0 amide bonds. The molecule has 0 radical (unpaired) electrons. The van der Waals surface area contributed by atoms with Crippen LogP contribution in [-0.4, -0.2) is 18.0 Å². The van der Waals surface area contributed by atoms with Crippen LogP contribution in [0.1, 0.15) is 25.3 Å². The molecule has 0 aromatic heterocycles. The van der Waals surface area contributed by atoms with Crippen molar-refractivity contribution in [3.05, 3.63) is 29.8 Å². The molecule has 3 heteroatoms. The monoisotopic (exact) mass is 229 g/mol. The van der Waals surface area contributed by atoms with Gasteiger partial charge < -0.3 is 10.6 Å². The normalized spacial score (nSPS) is 28.4. The molecule has 1 aromatic rings. The van der Waals surface area contributed by atoms with Gasteiger partial charge in [-0.15, -0.1) is 0 Å². The number of guanidine groups is 1. The van der Waals surface area contributed by atoms with Gasteiger partial charge in [-0.25, -0.2) is 0 Å². The van der Waals surface area contributed by atoms with Gasteiger partial charge in [0, 0.05) is 5.69 Å². The number of hydrogen-bond donors (Lipinski definition) is 1. The fraction of sp³-hybridized carbons (Fsp3) is 0.500. The quantitative estimate of drug-likeness (QED) is 0.845. The van der Waals surface area contributed by atoms with Gasteiger partial charge in [0.15, 0.2) is 5.96 Å². The van der Waals surface area contributed by atoms with Gasteiger partial charge in [0.05, 0.1) is 12.1 Å². The summed E-state index contributed by atoms with van der Waals surface area (Å²) in [6.07, 6.45) is 2.61. The molecule has 1 atom stereocenters. The summed E-state index contributed by atoms with van der Waals surface area (Å²) >= 11 is 0. The van der Waals surface area contributed by atoms with Crippen molar-refractivity contribution in [3.8, 4) is 0 Å². The number of aryl methyl sites for hydroxylation is 1. The Hall–Kier alpha value is -1.51. The Morgan fingerprint density at radius 2 is 1.94 bits per heavy atom. The van der Waals surface area contributed by atoms with E-state index in [2.05, 4.69) is 48.0 Å². The first-order valence-electron chi connectivity index (χ1n) is 6.28. The molecule has 3 rings (SSSR count). The van der Waals surface area contributed by atoms with E-state index in [0.717, 1.165) is 12.5 Å². The minimum absolute atomic E-state index is 0.0966. The van der Waals surface area contributed by atoms with E-state index >= 15 is 0 Å². The lowest BCUT2D eigenvalue weighted by molar-refractivity contribution is 0.440. The summed E-state index contributed by atoms with van der Waals surface area (Å²) in [6.45, 7) is 5.22. The molecule has 1 aliphatic heterocycles. The lowest BCUT2D eigenvalue weighted by atomic mass is 9.94. The Bertz CT molecular complexity index is 459. The largest absolute Gasteiger partial charge is 0.369 e. The van der Waals surface area contributed by atoms with E-state index in [-0.39, 0.29) is 5.54 Å². The van der Waals surface area contributed by atoms with Crippen molar-refractivity contribution in [2.45, 2.75) is 32.2 Å². The predicted octanol–water partition coefficient (Wildman–Crippen LogP) is 2.30. The Morgan fingerprint density at radius 3 is 2.53 bits per heavy atom. The summed E-state index contributed by atoms with van der Waals surface area (Å²) in [7, 11) is 0. The Morgan fingerprint density at radius 1 is 1.29 bits per heavy atom. The maximum Gasteiger partial charge on any atom is 0.196 e. The molecule has 90 valence electrons. The smallest absolute Gasteiger partial charge is 0.196 e. The Kier molecular flexibility index (Phi) is 2.18. The van der Waals surface area contributed by atoms with Crippen molar-refractivity contribution in [2.24, 2.45) is 16.6 Å². The highest BCUT2D eigenvalue weighted by Gasteiger charge is 2.49. The second-order valence-corrected chi connectivity index (χ2v) is 5.48. The van der Waals surface area contributed by atoms with E-state index in [9.17, 15) is 0 Å². The topological polar surface area (TPSA) is 41.6 Å². The summed E-state index contributed by atoms with van der Waals surface area (Å²) in [5, 5.41) is 0. The van der Waals surface area contributed by atoms with Gasteiger partial charge in [-0.3, -0.25) is 4.99 Å². The molecule has 0 bridgehead atoms. The highest BCUT2D eigenvalue weighted by Crippen LogP contribution is 2.46. The Labute approximate surface area is 102 Å². The minimum Gasteiger partial charge on any atom is -0.369 e. The highest BCUT2D eigenvalue weighted by atomic mass is 15.4.